The van der Waals surface area contributed by atoms with E-state index in [1.54, 1.807) is 6.07 Å². The predicted octanol–water partition coefficient (Wildman–Crippen LogP) is 1.20. The Morgan fingerprint density at radius 2 is 1.55 bits per heavy atom. The smallest absolute Gasteiger partial charge is 0.119 e. The monoisotopic (exact) mass is 158 g/mol. The van der Waals surface area contributed by atoms with E-state index < -0.39 is 0 Å². The fourth-order valence-corrected chi connectivity index (χ4v) is 0.493. The number of rotatable bonds is 0. The molecule has 11 heavy (non-hydrogen) atoms. The zero-order valence-electron chi connectivity index (χ0n) is 6.06. The van der Waals surface area contributed by atoms with Gasteiger partial charge >= 0.3 is 0 Å². The highest BCUT2D eigenvalue weighted by molar-refractivity contribution is 5.30. The topological polar surface area (TPSA) is 69.9 Å². The molecule has 0 spiro atoms. The van der Waals surface area contributed by atoms with Crippen LogP contribution in [0.1, 0.15) is 0 Å². The molecule has 4 heteroatoms. The minimum absolute atomic E-state index is 0.0880. The number of hydrogen-bond acceptors (Lipinski definition) is 4. The second kappa shape index (κ2) is 5.52. The second-order valence-corrected chi connectivity index (χ2v) is 1.70. The normalized spacial score (nSPS) is 8.18. The molecule has 0 aromatic heterocycles. The van der Waals surface area contributed by atoms with Gasteiger partial charge in [-0.1, -0.05) is 6.07 Å². The highest BCUT2D eigenvalue weighted by Crippen LogP contribution is 2.14. The van der Waals surface area contributed by atoms with Gasteiger partial charge in [-0.25, -0.2) is 4.89 Å². The predicted molar refractivity (Wildman–Crippen MR) is 39.4 cm³/mol. The molecular formula is C7H10O4. The first-order valence-electron chi connectivity index (χ1n) is 2.86. The van der Waals surface area contributed by atoms with Gasteiger partial charge in [-0.2, -0.15) is 0 Å². The molecule has 0 aliphatic heterocycles. The van der Waals surface area contributed by atoms with Crippen molar-refractivity contribution in [3.05, 3.63) is 24.3 Å². The van der Waals surface area contributed by atoms with Crippen molar-refractivity contribution >= 4 is 0 Å². The molecule has 0 aliphatic carbocycles. The average molecular weight is 158 g/mol. The molecule has 3 N–H and O–H groups in total. The Hall–Kier alpha value is -1.26. The van der Waals surface area contributed by atoms with E-state index in [2.05, 4.69) is 4.89 Å². The Balaban J connectivity index is 0.000000292. The minimum Gasteiger partial charge on any atom is -0.508 e. The summed E-state index contributed by atoms with van der Waals surface area (Å²) < 4.78 is 0. The molecular weight excluding hydrogens is 148 g/mol. The van der Waals surface area contributed by atoms with Crippen molar-refractivity contribution in [2.75, 3.05) is 7.11 Å². The van der Waals surface area contributed by atoms with E-state index in [0.717, 1.165) is 0 Å². The van der Waals surface area contributed by atoms with Crippen LogP contribution in [0.2, 0.25) is 0 Å². The third-order valence-corrected chi connectivity index (χ3v) is 0.830. The summed E-state index contributed by atoms with van der Waals surface area (Å²) in [6.07, 6.45) is 0. The Kier molecular flexibility index (Phi) is 4.89. The SMILES string of the molecule is COO.Oc1cccc(O)c1. The molecule has 0 fully saturated rings. The van der Waals surface area contributed by atoms with E-state index in [4.69, 9.17) is 15.5 Å². The van der Waals surface area contributed by atoms with Crippen LogP contribution < -0.4 is 0 Å². The van der Waals surface area contributed by atoms with Gasteiger partial charge in [-0.15, -0.1) is 0 Å². The van der Waals surface area contributed by atoms with E-state index in [-0.39, 0.29) is 11.5 Å². The molecule has 0 aliphatic rings. The van der Waals surface area contributed by atoms with Crippen molar-refractivity contribution in [3.63, 3.8) is 0 Å². The van der Waals surface area contributed by atoms with Gasteiger partial charge in [-0.05, 0) is 12.1 Å². The lowest BCUT2D eigenvalue weighted by molar-refractivity contribution is -0.214. The minimum atomic E-state index is 0.0880. The summed E-state index contributed by atoms with van der Waals surface area (Å²) in [4.78, 5) is 3.25. The maximum atomic E-state index is 8.65. The van der Waals surface area contributed by atoms with Gasteiger partial charge in [0.15, 0.2) is 0 Å². The summed E-state index contributed by atoms with van der Waals surface area (Å²) in [5, 5.41) is 24.4. The second-order valence-electron chi connectivity index (χ2n) is 1.70. The lowest BCUT2D eigenvalue weighted by Gasteiger charge is -1.89. The van der Waals surface area contributed by atoms with E-state index in [0.29, 0.717) is 0 Å². The van der Waals surface area contributed by atoms with Crippen LogP contribution in [0.15, 0.2) is 24.3 Å². The molecule has 4 nitrogen and oxygen atoms in total. The molecule has 0 unspecified atom stereocenters. The number of benzene rings is 1. The van der Waals surface area contributed by atoms with Gasteiger partial charge < -0.3 is 10.2 Å². The van der Waals surface area contributed by atoms with Crippen molar-refractivity contribution in [3.8, 4) is 11.5 Å². The van der Waals surface area contributed by atoms with Gasteiger partial charge in [0, 0.05) is 6.07 Å². The van der Waals surface area contributed by atoms with Gasteiger partial charge in [0.25, 0.3) is 0 Å². The van der Waals surface area contributed by atoms with Gasteiger partial charge in [0.05, 0.1) is 7.11 Å². The Morgan fingerprint density at radius 1 is 1.18 bits per heavy atom. The first-order valence-corrected chi connectivity index (χ1v) is 2.86. The molecule has 1 aromatic carbocycles. The molecule has 0 amide bonds. The van der Waals surface area contributed by atoms with Gasteiger partial charge in [-0.3, -0.25) is 5.26 Å². The summed E-state index contributed by atoms with van der Waals surface area (Å²) >= 11 is 0. The number of aromatic hydroxyl groups is 2. The van der Waals surface area contributed by atoms with E-state index in [9.17, 15) is 0 Å². The molecule has 1 rings (SSSR count). The molecule has 62 valence electrons. The standard InChI is InChI=1S/C6H6O2.CH4O2/c7-5-2-1-3-6(8)4-5;1-3-2/h1-4,7-8H;2H,1H3. The lowest BCUT2D eigenvalue weighted by Crippen LogP contribution is -1.61. The van der Waals surface area contributed by atoms with E-state index in [1.165, 1.54) is 25.3 Å². The van der Waals surface area contributed by atoms with Crippen LogP contribution in [0, 0.1) is 0 Å². The Morgan fingerprint density at radius 3 is 1.73 bits per heavy atom. The summed E-state index contributed by atoms with van der Waals surface area (Å²) in [5.41, 5.74) is 0. The molecule has 0 radical (unpaired) electrons. The molecule has 0 atom stereocenters. The zero-order valence-corrected chi connectivity index (χ0v) is 6.06. The van der Waals surface area contributed by atoms with Gasteiger partial charge in [0.2, 0.25) is 0 Å². The summed E-state index contributed by atoms with van der Waals surface area (Å²) in [7, 11) is 1.18. The summed E-state index contributed by atoms with van der Waals surface area (Å²) in [6, 6.07) is 5.85. The summed E-state index contributed by atoms with van der Waals surface area (Å²) in [6.45, 7) is 0. The third kappa shape index (κ3) is 5.20. The third-order valence-electron chi connectivity index (χ3n) is 0.830. The molecule has 0 bridgehead atoms. The maximum absolute atomic E-state index is 8.65. The lowest BCUT2D eigenvalue weighted by atomic mass is 10.3. The highest BCUT2D eigenvalue weighted by atomic mass is 17.1. The largest absolute Gasteiger partial charge is 0.508 e. The van der Waals surface area contributed by atoms with Crippen molar-refractivity contribution in [1.82, 2.24) is 0 Å². The fourth-order valence-electron chi connectivity index (χ4n) is 0.493. The molecule has 0 saturated heterocycles. The van der Waals surface area contributed by atoms with E-state index in [1.807, 2.05) is 0 Å². The van der Waals surface area contributed by atoms with Crippen LogP contribution in [0.3, 0.4) is 0 Å². The zero-order chi connectivity index (χ0) is 8.69. The van der Waals surface area contributed by atoms with Crippen molar-refractivity contribution in [1.29, 1.82) is 0 Å². The van der Waals surface area contributed by atoms with Crippen LogP contribution in [0.4, 0.5) is 0 Å². The van der Waals surface area contributed by atoms with Crippen molar-refractivity contribution < 1.29 is 20.4 Å². The van der Waals surface area contributed by atoms with Crippen LogP contribution in [0.25, 0.3) is 0 Å². The van der Waals surface area contributed by atoms with Crippen molar-refractivity contribution in [2.45, 2.75) is 0 Å². The molecule has 0 heterocycles. The molecule has 0 saturated carbocycles. The number of phenolic OH excluding ortho intramolecular Hbond substituents is 2. The number of hydrogen-bond donors (Lipinski definition) is 3. The highest BCUT2D eigenvalue weighted by Gasteiger charge is 1.85. The maximum Gasteiger partial charge on any atom is 0.119 e. The molecule has 1 aromatic rings. The van der Waals surface area contributed by atoms with Crippen LogP contribution in [-0.2, 0) is 4.89 Å². The summed E-state index contributed by atoms with van der Waals surface area (Å²) in [5.74, 6) is 0.176. The Bertz CT molecular complexity index is 182. The van der Waals surface area contributed by atoms with Crippen LogP contribution in [0.5, 0.6) is 11.5 Å². The first-order chi connectivity index (χ1) is 5.20. The fraction of sp³-hybridized carbons (Fsp3) is 0.143. The Labute approximate surface area is 64.2 Å². The van der Waals surface area contributed by atoms with Crippen LogP contribution in [-0.4, -0.2) is 22.6 Å². The van der Waals surface area contributed by atoms with Crippen LogP contribution >= 0.6 is 0 Å². The quantitative estimate of drug-likeness (QED) is 0.392. The van der Waals surface area contributed by atoms with E-state index >= 15 is 0 Å². The first kappa shape index (κ1) is 9.74. The number of phenols is 2. The van der Waals surface area contributed by atoms with Gasteiger partial charge in [0.1, 0.15) is 11.5 Å². The average Bonchev–Trinajstić information content (AvgIpc) is 1.88. The van der Waals surface area contributed by atoms with Crippen molar-refractivity contribution in [2.24, 2.45) is 0 Å².